The molecule has 6 rings (SSSR count). The van der Waals surface area contributed by atoms with Crippen molar-refractivity contribution >= 4 is 19.7 Å². The highest BCUT2D eigenvalue weighted by Gasteiger charge is 2.19. The molecule has 0 aromatic heterocycles. The number of aryl methyl sites for hydroxylation is 2. The quantitative estimate of drug-likeness (QED) is 0.0792. The van der Waals surface area contributed by atoms with E-state index in [2.05, 4.69) is 0 Å². The molecule has 284 valence electrons. The molecule has 0 N–H and O–H groups in total. The van der Waals surface area contributed by atoms with Gasteiger partial charge in [0.15, 0.2) is 0 Å². The first-order valence-electron chi connectivity index (χ1n) is 17.7. The van der Waals surface area contributed by atoms with Crippen molar-refractivity contribution in [3.63, 3.8) is 0 Å². The van der Waals surface area contributed by atoms with Crippen LogP contribution in [0.1, 0.15) is 22.3 Å². The van der Waals surface area contributed by atoms with Crippen LogP contribution in [-0.2, 0) is 37.6 Å². The molecule has 11 heteroatoms. The van der Waals surface area contributed by atoms with Crippen molar-refractivity contribution < 1.29 is 40.5 Å². The van der Waals surface area contributed by atoms with E-state index in [1.165, 1.54) is 59.7 Å². The van der Waals surface area contributed by atoms with Crippen LogP contribution in [0.2, 0.25) is 0 Å². The molecule has 6 aromatic carbocycles. The predicted octanol–water partition coefficient (Wildman–Crippen LogP) is 8.60. The topological polar surface area (TPSA) is 114 Å². The van der Waals surface area contributed by atoms with Crippen LogP contribution in [0.15, 0.2) is 165 Å². The molecule has 0 fully saturated rings. The van der Waals surface area contributed by atoms with Crippen LogP contribution >= 0.6 is 0 Å². The molecule has 0 aliphatic heterocycles. The van der Waals surface area contributed by atoms with Crippen LogP contribution in [-0.4, -0.2) is 43.3 Å². The van der Waals surface area contributed by atoms with Crippen LogP contribution in [0.5, 0.6) is 23.0 Å². The lowest BCUT2D eigenvalue weighted by molar-refractivity contribution is 0.0764. The molecule has 0 spiro atoms. The van der Waals surface area contributed by atoms with Crippen molar-refractivity contribution in [2.45, 2.75) is 46.6 Å². The van der Waals surface area contributed by atoms with Gasteiger partial charge in [-0.05, 0) is 122 Å². The highest BCUT2D eigenvalue weighted by Crippen LogP contribution is 2.27. The Morgan fingerprint density at radius 3 is 0.909 bits per heavy atom. The Bertz CT molecular complexity index is 2170. The molecule has 0 saturated heterocycles. The lowest BCUT2D eigenvalue weighted by atomic mass is 10.2. The van der Waals surface area contributed by atoms with Crippen molar-refractivity contribution in [3.8, 4) is 23.0 Å². The molecule has 0 aliphatic rings. The molecule has 0 heterocycles. The van der Waals surface area contributed by atoms with E-state index in [1.807, 2.05) is 62.4 Å². The predicted molar refractivity (Wildman–Crippen MR) is 210 cm³/mol. The third kappa shape index (κ3) is 10.8. The van der Waals surface area contributed by atoms with Crippen molar-refractivity contribution in [2.24, 2.45) is 0 Å². The third-order valence-electron chi connectivity index (χ3n) is 8.58. The zero-order valence-corrected chi connectivity index (χ0v) is 32.2. The lowest BCUT2D eigenvalue weighted by Crippen LogP contribution is -2.12. The SMILES string of the molecule is Cc1ccc(COc2ccc(S(=O)(=O)c3ccc(OCCOCCOc4ccc(S(=O)(=O)c5ccc(OCc6ccc(C)cc6)cc5)cc4)cc3)cc2)cc1. The minimum atomic E-state index is -3.72. The maximum Gasteiger partial charge on any atom is 0.206 e. The van der Waals surface area contributed by atoms with Gasteiger partial charge in [-0.15, -0.1) is 0 Å². The van der Waals surface area contributed by atoms with E-state index in [0.717, 1.165) is 11.1 Å². The van der Waals surface area contributed by atoms with Gasteiger partial charge in [0.2, 0.25) is 19.7 Å². The molecular formula is C44H42O9S2. The van der Waals surface area contributed by atoms with Gasteiger partial charge in [-0.1, -0.05) is 59.7 Å². The smallest absolute Gasteiger partial charge is 0.206 e. The Balaban J connectivity index is 0.881. The van der Waals surface area contributed by atoms with Crippen molar-refractivity contribution in [3.05, 3.63) is 168 Å². The Morgan fingerprint density at radius 1 is 0.345 bits per heavy atom. The molecule has 0 aliphatic carbocycles. The van der Waals surface area contributed by atoms with Gasteiger partial charge in [-0.25, -0.2) is 16.8 Å². The fourth-order valence-electron chi connectivity index (χ4n) is 5.37. The fourth-order valence-corrected chi connectivity index (χ4v) is 7.90. The molecule has 0 radical (unpaired) electrons. The number of sulfone groups is 2. The Morgan fingerprint density at radius 2 is 0.618 bits per heavy atom. The summed E-state index contributed by atoms with van der Waals surface area (Å²) in [4.78, 5) is 0.646. The van der Waals surface area contributed by atoms with Crippen molar-refractivity contribution in [1.29, 1.82) is 0 Å². The molecule has 0 atom stereocenters. The molecule has 6 aromatic rings. The standard InChI is InChI=1S/C44H42O9S2/c1-33-3-7-35(8-4-33)31-52-39-15-23-43(24-16-39)54(45,46)41-19-11-37(12-20-41)50-29-27-49-28-30-51-38-13-21-42(22-14-38)55(47,48)44-25-17-40(18-26-44)53-32-36-9-5-34(2)6-10-36/h3-26H,27-32H2,1-2H3. The van der Waals surface area contributed by atoms with E-state index >= 15 is 0 Å². The molecular weight excluding hydrogens is 737 g/mol. The first-order valence-corrected chi connectivity index (χ1v) is 20.6. The summed E-state index contributed by atoms with van der Waals surface area (Å²) in [7, 11) is -7.44. The monoisotopic (exact) mass is 778 g/mol. The van der Waals surface area contributed by atoms with Crippen LogP contribution < -0.4 is 18.9 Å². The number of hydrogen-bond acceptors (Lipinski definition) is 9. The van der Waals surface area contributed by atoms with Gasteiger partial charge in [0, 0.05) is 0 Å². The second-order valence-corrected chi connectivity index (χ2v) is 16.6. The van der Waals surface area contributed by atoms with Crippen LogP contribution in [0.3, 0.4) is 0 Å². The molecule has 0 bridgehead atoms. The van der Waals surface area contributed by atoms with E-state index in [-0.39, 0.29) is 46.0 Å². The Labute approximate surface area is 322 Å². The maximum atomic E-state index is 13.2. The van der Waals surface area contributed by atoms with Crippen LogP contribution in [0.4, 0.5) is 0 Å². The average Bonchev–Trinajstić information content (AvgIpc) is 3.21. The van der Waals surface area contributed by atoms with Gasteiger partial charge in [0.25, 0.3) is 0 Å². The summed E-state index contributed by atoms with van der Waals surface area (Å²) >= 11 is 0. The van der Waals surface area contributed by atoms with Gasteiger partial charge in [0.05, 0.1) is 32.8 Å². The van der Waals surface area contributed by atoms with Crippen molar-refractivity contribution in [1.82, 2.24) is 0 Å². The van der Waals surface area contributed by atoms with E-state index in [1.54, 1.807) is 48.5 Å². The molecule has 0 saturated carbocycles. The second kappa shape index (κ2) is 18.1. The van der Waals surface area contributed by atoms with Gasteiger partial charge in [-0.2, -0.15) is 0 Å². The van der Waals surface area contributed by atoms with Crippen LogP contribution in [0.25, 0.3) is 0 Å². The van der Waals surface area contributed by atoms with Crippen LogP contribution in [0, 0.1) is 13.8 Å². The van der Waals surface area contributed by atoms with Gasteiger partial charge >= 0.3 is 0 Å². The number of rotatable bonds is 18. The zero-order valence-electron chi connectivity index (χ0n) is 30.6. The zero-order chi connectivity index (χ0) is 38.7. The summed E-state index contributed by atoms with van der Waals surface area (Å²) in [5.41, 5.74) is 4.40. The normalized spacial score (nSPS) is 11.5. The summed E-state index contributed by atoms with van der Waals surface area (Å²) < 4.78 is 81.3. The lowest BCUT2D eigenvalue weighted by Gasteiger charge is -2.11. The minimum absolute atomic E-state index is 0.154. The molecule has 0 unspecified atom stereocenters. The minimum Gasteiger partial charge on any atom is -0.491 e. The first kappa shape index (κ1) is 39.1. The van der Waals surface area contributed by atoms with Gasteiger partial charge < -0.3 is 23.7 Å². The number of benzene rings is 6. The summed E-state index contributed by atoms with van der Waals surface area (Å²) in [5.74, 6) is 2.18. The van der Waals surface area contributed by atoms with E-state index in [9.17, 15) is 16.8 Å². The second-order valence-electron chi connectivity index (χ2n) is 12.8. The Kier molecular flexibility index (Phi) is 12.9. The van der Waals surface area contributed by atoms with Crippen molar-refractivity contribution in [2.75, 3.05) is 26.4 Å². The van der Waals surface area contributed by atoms with E-state index < -0.39 is 19.7 Å². The molecule has 9 nitrogen and oxygen atoms in total. The van der Waals surface area contributed by atoms with E-state index in [0.29, 0.717) is 36.2 Å². The highest BCUT2D eigenvalue weighted by atomic mass is 32.2. The van der Waals surface area contributed by atoms with E-state index in [4.69, 9.17) is 23.7 Å². The molecule has 55 heavy (non-hydrogen) atoms. The highest BCUT2D eigenvalue weighted by molar-refractivity contribution is 7.91. The number of hydrogen-bond donors (Lipinski definition) is 0. The third-order valence-corrected chi connectivity index (χ3v) is 12.2. The summed E-state index contributed by atoms with van der Waals surface area (Å²) in [6.45, 7) is 5.91. The van der Waals surface area contributed by atoms with Gasteiger partial charge in [0.1, 0.15) is 49.4 Å². The molecule has 0 amide bonds. The summed E-state index contributed by atoms with van der Waals surface area (Å²) in [6, 6.07) is 41.3. The fraction of sp³-hybridized carbons (Fsp3) is 0.182. The largest absolute Gasteiger partial charge is 0.491 e. The van der Waals surface area contributed by atoms with Gasteiger partial charge in [-0.3, -0.25) is 0 Å². The average molecular weight is 779 g/mol. The number of ether oxygens (including phenoxy) is 5. The summed E-state index contributed by atoms with van der Waals surface area (Å²) in [5, 5.41) is 0. The maximum absolute atomic E-state index is 13.2. The first-order chi connectivity index (χ1) is 26.6. The summed E-state index contributed by atoms with van der Waals surface area (Å²) in [6.07, 6.45) is 0. The Hall–Kier alpha value is -5.62.